The number of aromatic nitrogens is 4. The van der Waals surface area contributed by atoms with Gasteiger partial charge in [0.1, 0.15) is 12.4 Å². The molecule has 0 unspecified atom stereocenters. The molecule has 1 amide bonds. The molecule has 7 nitrogen and oxygen atoms in total. The van der Waals surface area contributed by atoms with E-state index in [9.17, 15) is 4.79 Å². The van der Waals surface area contributed by atoms with Gasteiger partial charge in [0, 0.05) is 22.0 Å². The van der Waals surface area contributed by atoms with Crippen molar-refractivity contribution in [3.63, 3.8) is 0 Å². The quantitative estimate of drug-likeness (QED) is 0.230. The molecular weight excluding hydrogens is 558 g/mol. The molecule has 2 aromatic heterocycles. The molecule has 0 saturated heterocycles. The van der Waals surface area contributed by atoms with Gasteiger partial charge in [0.15, 0.2) is 16.1 Å². The molecule has 2 heterocycles. The summed E-state index contributed by atoms with van der Waals surface area (Å²) in [6.07, 6.45) is 0. The summed E-state index contributed by atoms with van der Waals surface area (Å²) in [5.41, 5.74) is 2.87. The number of hydrogen-bond donors (Lipinski definition) is 1. The number of rotatable bonds is 9. The Kier molecular flexibility index (Phi) is 8.25. The minimum absolute atomic E-state index is 0.156. The smallest absolute Gasteiger partial charge is 0.236 e. The van der Waals surface area contributed by atoms with Crippen molar-refractivity contribution in [3.05, 3.63) is 68.7 Å². The first-order valence-corrected chi connectivity index (χ1v) is 13.4. The average Bonchev–Trinajstić information content (AvgIpc) is 3.45. The highest BCUT2D eigenvalue weighted by Crippen LogP contribution is 2.28. The fourth-order valence-electron chi connectivity index (χ4n) is 3.08. The fourth-order valence-corrected chi connectivity index (χ4v) is 5.08. The van der Waals surface area contributed by atoms with Crippen LogP contribution in [0.25, 0.3) is 11.3 Å². The van der Waals surface area contributed by atoms with Crippen LogP contribution >= 0.6 is 50.6 Å². The first-order valence-electron chi connectivity index (χ1n) is 10.4. The monoisotopic (exact) mass is 577 g/mol. The maximum Gasteiger partial charge on any atom is 0.236 e. The molecular formula is C23H21BrClN5O2S2. The van der Waals surface area contributed by atoms with Crippen LogP contribution in [0.3, 0.4) is 0 Å². The highest BCUT2D eigenvalue weighted by molar-refractivity contribution is 9.10. The summed E-state index contributed by atoms with van der Waals surface area (Å²) in [4.78, 5) is 17.0. The SMILES string of the molecule is CCn1c(COc2cc(C)ccc2Cl)nnc1SCC(=O)Nc1nc(-c2ccc(Br)cc2)cs1. The van der Waals surface area contributed by atoms with E-state index in [0.29, 0.717) is 33.4 Å². The molecule has 4 rings (SSSR count). The molecule has 0 saturated carbocycles. The zero-order chi connectivity index (χ0) is 24.1. The minimum atomic E-state index is -0.156. The molecule has 11 heteroatoms. The van der Waals surface area contributed by atoms with Gasteiger partial charge in [-0.15, -0.1) is 21.5 Å². The van der Waals surface area contributed by atoms with E-state index in [-0.39, 0.29) is 18.3 Å². The van der Waals surface area contributed by atoms with Gasteiger partial charge in [0.25, 0.3) is 0 Å². The van der Waals surface area contributed by atoms with E-state index in [2.05, 4.69) is 36.4 Å². The first-order chi connectivity index (χ1) is 16.4. The molecule has 0 atom stereocenters. The Hall–Kier alpha value is -2.40. The lowest BCUT2D eigenvalue weighted by Crippen LogP contribution is -2.14. The number of anilines is 1. The Morgan fingerprint density at radius 1 is 1.24 bits per heavy atom. The number of nitrogens with one attached hydrogen (secondary N) is 1. The highest BCUT2D eigenvalue weighted by Gasteiger charge is 2.15. The first kappa shape index (κ1) is 24.7. The van der Waals surface area contributed by atoms with Crippen LogP contribution in [-0.2, 0) is 17.9 Å². The van der Waals surface area contributed by atoms with Crippen molar-refractivity contribution in [1.29, 1.82) is 0 Å². The van der Waals surface area contributed by atoms with Gasteiger partial charge in [0.05, 0.1) is 16.5 Å². The molecule has 0 radical (unpaired) electrons. The van der Waals surface area contributed by atoms with Crippen LogP contribution in [0, 0.1) is 6.92 Å². The van der Waals surface area contributed by atoms with Crippen LogP contribution in [0.2, 0.25) is 5.02 Å². The predicted molar refractivity (Wildman–Crippen MR) is 141 cm³/mol. The van der Waals surface area contributed by atoms with Crippen LogP contribution < -0.4 is 10.1 Å². The Morgan fingerprint density at radius 3 is 2.79 bits per heavy atom. The van der Waals surface area contributed by atoms with E-state index in [1.165, 1.54) is 23.1 Å². The molecule has 1 N–H and O–H groups in total. The predicted octanol–water partition coefficient (Wildman–Crippen LogP) is 6.46. The van der Waals surface area contributed by atoms with Crippen molar-refractivity contribution in [1.82, 2.24) is 19.7 Å². The van der Waals surface area contributed by atoms with Crippen LogP contribution in [-0.4, -0.2) is 31.4 Å². The number of hydrogen-bond acceptors (Lipinski definition) is 7. The number of aryl methyl sites for hydroxylation is 1. The largest absolute Gasteiger partial charge is 0.484 e. The van der Waals surface area contributed by atoms with Crippen molar-refractivity contribution >= 4 is 61.7 Å². The van der Waals surface area contributed by atoms with Gasteiger partial charge in [-0.25, -0.2) is 4.98 Å². The van der Waals surface area contributed by atoms with E-state index in [1.54, 1.807) is 6.07 Å². The second kappa shape index (κ2) is 11.4. The summed E-state index contributed by atoms with van der Waals surface area (Å²) in [5.74, 6) is 1.31. The molecule has 0 aliphatic rings. The van der Waals surface area contributed by atoms with E-state index < -0.39 is 0 Å². The van der Waals surface area contributed by atoms with Gasteiger partial charge < -0.3 is 14.6 Å². The maximum atomic E-state index is 12.5. The van der Waals surface area contributed by atoms with Crippen molar-refractivity contribution in [3.8, 4) is 17.0 Å². The zero-order valence-corrected chi connectivity index (χ0v) is 22.4. The fraction of sp³-hybridized carbons (Fsp3) is 0.217. The van der Waals surface area contributed by atoms with Crippen LogP contribution in [0.1, 0.15) is 18.3 Å². The van der Waals surface area contributed by atoms with Crippen molar-refractivity contribution in [2.45, 2.75) is 32.2 Å². The molecule has 0 aliphatic heterocycles. The lowest BCUT2D eigenvalue weighted by Gasteiger charge is -2.10. The summed E-state index contributed by atoms with van der Waals surface area (Å²) in [6, 6.07) is 13.5. The van der Waals surface area contributed by atoms with Gasteiger partial charge in [-0.3, -0.25) is 4.79 Å². The molecule has 0 spiro atoms. The second-order valence-electron chi connectivity index (χ2n) is 7.25. The van der Waals surface area contributed by atoms with Gasteiger partial charge in [-0.1, -0.05) is 57.5 Å². The number of ether oxygens (including phenoxy) is 1. The van der Waals surface area contributed by atoms with E-state index in [1.807, 2.05) is 60.2 Å². The summed E-state index contributed by atoms with van der Waals surface area (Å²) < 4.78 is 8.79. The van der Waals surface area contributed by atoms with Gasteiger partial charge in [-0.2, -0.15) is 0 Å². The lowest BCUT2D eigenvalue weighted by molar-refractivity contribution is -0.113. The number of thiazole rings is 1. The zero-order valence-electron chi connectivity index (χ0n) is 18.4. The Morgan fingerprint density at radius 2 is 2.03 bits per heavy atom. The minimum Gasteiger partial charge on any atom is -0.484 e. The van der Waals surface area contributed by atoms with Crippen molar-refractivity contribution in [2.24, 2.45) is 0 Å². The van der Waals surface area contributed by atoms with Crippen molar-refractivity contribution in [2.75, 3.05) is 11.1 Å². The maximum absolute atomic E-state index is 12.5. The van der Waals surface area contributed by atoms with E-state index in [0.717, 1.165) is 21.3 Å². The third-order valence-corrected chi connectivity index (χ3v) is 7.34. The summed E-state index contributed by atoms with van der Waals surface area (Å²) in [6.45, 7) is 4.86. The van der Waals surface area contributed by atoms with Crippen LogP contribution in [0.5, 0.6) is 5.75 Å². The van der Waals surface area contributed by atoms with Gasteiger partial charge in [-0.05, 0) is 43.7 Å². The van der Waals surface area contributed by atoms with Gasteiger partial charge in [0.2, 0.25) is 5.91 Å². The molecule has 0 aliphatic carbocycles. The van der Waals surface area contributed by atoms with Gasteiger partial charge >= 0.3 is 0 Å². The standard InChI is InChI=1S/C23H21BrClN5O2S2/c1-3-30-20(11-32-19-10-14(2)4-9-17(19)25)28-29-23(30)34-13-21(31)27-22-26-18(12-33-22)15-5-7-16(24)8-6-15/h4-10,12H,3,11,13H2,1-2H3,(H,26,27,31). The Bertz CT molecular complexity index is 1290. The number of halogens is 2. The molecule has 0 bridgehead atoms. The molecule has 2 aromatic carbocycles. The summed E-state index contributed by atoms with van der Waals surface area (Å²) in [7, 11) is 0. The molecule has 34 heavy (non-hydrogen) atoms. The second-order valence-corrected chi connectivity index (χ2v) is 10.4. The Labute approximate surface area is 219 Å². The van der Waals surface area contributed by atoms with Crippen molar-refractivity contribution < 1.29 is 9.53 Å². The average molecular weight is 579 g/mol. The third-order valence-electron chi connectivity index (χ3n) is 4.78. The van der Waals surface area contributed by atoms with E-state index in [4.69, 9.17) is 16.3 Å². The third kappa shape index (κ3) is 6.18. The van der Waals surface area contributed by atoms with E-state index >= 15 is 0 Å². The highest BCUT2D eigenvalue weighted by atomic mass is 79.9. The normalized spacial score (nSPS) is 10.9. The molecule has 4 aromatic rings. The summed E-state index contributed by atoms with van der Waals surface area (Å²) in [5, 5.41) is 15.0. The number of carbonyl (C=O) groups is 1. The van der Waals surface area contributed by atoms with Crippen LogP contribution in [0.15, 0.2) is 57.5 Å². The number of carbonyl (C=O) groups excluding carboxylic acids is 1. The number of nitrogens with zero attached hydrogens (tertiary/aromatic N) is 4. The molecule has 0 fully saturated rings. The number of thioether (sulfide) groups is 1. The number of benzene rings is 2. The number of amides is 1. The topological polar surface area (TPSA) is 81.9 Å². The Balaban J connectivity index is 1.33. The summed E-state index contributed by atoms with van der Waals surface area (Å²) >= 11 is 12.4. The van der Waals surface area contributed by atoms with Crippen LogP contribution in [0.4, 0.5) is 5.13 Å². The molecule has 176 valence electrons. The lowest BCUT2D eigenvalue weighted by atomic mass is 10.2.